The Labute approximate surface area is 130 Å². The first kappa shape index (κ1) is 13.5. The van der Waals surface area contributed by atoms with E-state index in [1.54, 1.807) is 23.5 Å². The zero-order valence-electron chi connectivity index (χ0n) is 11.7. The predicted octanol–water partition coefficient (Wildman–Crippen LogP) is 2.75. The Bertz CT molecular complexity index is 812. The summed E-state index contributed by atoms with van der Waals surface area (Å²) in [7, 11) is 0. The molecule has 1 amide bonds. The zero-order valence-corrected chi connectivity index (χ0v) is 12.5. The molecule has 4 nitrogen and oxygen atoms in total. The summed E-state index contributed by atoms with van der Waals surface area (Å²) in [5.74, 6) is -0.0349. The summed E-state index contributed by atoms with van der Waals surface area (Å²) >= 11 is 1.55. The molecule has 1 saturated carbocycles. The molecule has 112 valence electrons. The monoisotopic (exact) mass is 315 g/mol. The second-order valence-corrected chi connectivity index (χ2v) is 6.45. The van der Waals surface area contributed by atoms with Crippen molar-refractivity contribution in [2.75, 3.05) is 0 Å². The van der Waals surface area contributed by atoms with E-state index in [0.717, 1.165) is 22.6 Å². The second kappa shape index (κ2) is 5.21. The van der Waals surface area contributed by atoms with E-state index in [-0.39, 0.29) is 30.1 Å². The molecule has 1 aliphatic rings. The number of carbonyl (C=O) groups is 1. The van der Waals surface area contributed by atoms with Gasteiger partial charge in [-0.2, -0.15) is 0 Å². The number of benzene rings is 1. The molecule has 2 aromatic heterocycles. The maximum atomic E-state index is 13.2. The first-order valence-electron chi connectivity index (χ1n) is 7.15. The molecule has 1 fully saturated rings. The summed E-state index contributed by atoms with van der Waals surface area (Å²) in [6.45, 7) is 0. The number of thiazole rings is 1. The molecule has 6 heteroatoms. The van der Waals surface area contributed by atoms with E-state index >= 15 is 0 Å². The number of hydrogen-bond donors (Lipinski definition) is 1. The van der Waals surface area contributed by atoms with Crippen LogP contribution in [0.1, 0.15) is 23.6 Å². The van der Waals surface area contributed by atoms with Crippen molar-refractivity contribution in [3.8, 4) is 0 Å². The maximum absolute atomic E-state index is 13.2. The lowest BCUT2D eigenvalue weighted by Crippen LogP contribution is -2.28. The molecule has 0 saturated heterocycles. The molecule has 22 heavy (non-hydrogen) atoms. The van der Waals surface area contributed by atoms with Crippen molar-refractivity contribution in [1.82, 2.24) is 14.7 Å². The van der Waals surface area contributed by atoms with Gasteiger partial charge in [0.2, 0.25) is 5.91 Å². The van der Waals surface area contributed by atoms with E-state index in [0.29, 0.717) is 0 Å². The Morgan fingerprint density at radius 3 is 3.23 bits per heavy atom. The van der Waals surface area contributed by atoms with Crippen molar-refractivity contribution >= 4 is 22.2 Å². The van der Waals surface area contributed by atoms with Crippen molar-refractivity contribution in [1.29, 1.82) is 0 Å². The molecule has 1 aromatic carbocycles. The van der Waals surface area contributed by atoms with E-state index in [2.05, 4.69) is 10.3 Å². The van der Waals surface area contributed by atoms with Gasteiger partial charge in [0.05, 0.1) is 12.1 Å². The fraction of sp³-hybridized carbons (Fsp3) is 0.250. The highest BCUT2D eigenvalue weighted by molar-refractivity contribution is 7.15. The van der Waals surface area contributed by atoms with Gasteiger partial charge in [0, 0.05) is 29.7 Å². The van der Waals surface area contributed by atoms with Crippen LogP contribution in [0.3, 0.4) is 0 Å². The summed E-state index contributed by atoms with van der Waals surface area (Å²) in [6.07, 6.45) is 4.95. The van der Waals surface area contributed by atoms with E-state index in [1.807, 2.05) is 28.2 Å². The first-order chi connectivity index (χ1) is 10.7. The molecule has 0 unspecified atom stereocenters. The molecule has 0 spiro atoms. The number of amides is 1. The van der Waals surface area contributed by atoms with Crippen LogP contribution in [0.25, 0.3) is 4.96 Å². The quantitative estimate of drug-likeness (QED) is 0.805. The lowest BCUT2D eigenvalue weighted by atomic mass is 10.1. The number of aromatic nitrogens is 2. The standard InChI is InChI=1S/C16H14FN3OS/c17-11-3-1-2-10(6-11)13-8-14(13)19-15(21)7-12-9-20-4-5-22-16(20)18-12/h1-6,9,13-14H,7-8H2,(H,19,21)/t13-,14+/m1/s1. The fourth-order valence-corrected chi connectivity index (χ4v) is 3.46. The largest absolute Gasteiger partial charge is 0.352 e. The Morgan fingerprint density at radius 1 is 1.50 bits per heavy atom. The summed E-state index contributed by atoms with van der Waals surface area (Å²) < 4.78 is 15.1. The van der Waals surface area contributed by atoms with E-state index in [9.17, 15) is 9.18 Å². The number of rotatable bonds is 4. The lowest BCUT2D eigenvalue weighted by Gasteiger charge is -2.04. The van der Waals surface area contributed by atoms with Gasteiger partial charge in [0.15, 0.2) is 4.96 Å². The van der Waals surface area contributed by atoms with Gasteiger partial charge in [-0.3, -0.25) is 9.20 Å². The average molecular weight is 315 g/mol. The minimum atomic E-state index is -0.229. The van der Waals surface area contributed by atoms with Crippen LogP contribution in [0.15, 0.2) is 42.0 Å². The first-order valence-corrected chi connectivity index (χ1v) is 8.03. The Kier molecular flexibility index (Phi) is 3.18. The third-order valence-corrected chi connectivity index (χ3v) is 4.67. The van der Waals surface area contributed by atoms with Crippen LogP contribution in [0.5, 0.6) is 0 Å². The Morgan fingerprint density at radius 2 is 2.41 bits per heavy atom. The van der Waals surface area contributed by atoms with Crippen LogP contribution < -0.4 is 5.32 Å². The molecular formula is C16H14FN3OS. The van der Waals surface area contributed by atoms with Crippen LogP contribution in [-0.2, 0) is 11.2 Å². The number of halogens is 1. The predicted molar refractivity (Wildman–Crippen MR) is 82.5 cm³/mol. The summed E-state index contributed by atoms with van der Waals surface area (Å²) in [6, 6.07) is 6.70. The maximum Gasteiger partial charge on any atom is 0.226 e. The average Bonchev–Trinajstić information content (AvgIpc) is 2.91. The molecule has 1 N–H and O–H groups in total. The smallest absolute Gasteiger partial charge is 0.226 e. The lowest BCUT2D eigenvalue weighted by molar-refractivity contribution is -0.120. The van der Waals surface area contributed by atoms with Gasteiger partial charge in [-0.05, 0) is 24.1 Å². The van der Waals surface area contributed by atoms with Gasteiger partial charge in [-0.25, -0.2) is 9.37 Å². The van der Waals surface area contributed by atoms with Crippen molar-refractivity contribution in [3.63, 3.8) is 0 Å². The van der Waals surface area contributed by atoms with E-state index in [1.165, 1.54) is 6.07 Å². The minimum absolute atomic E-state index is 0.0327. The van der Waals surface area contributed by atoms with Crippen LogP contribution in [0.2, 0.25) is 0 Å². The van der Waals surface area contributed by atoms with Gasteiger partial charge < -0.3 is 5.32 Å². The van der Waals surface area contributed by atoms with Crippen molar-refractivity contribution in [2.24, 2.45) is 0 Å². The molecular weight excluding hydrogens is 301 g/mol. The molecule has 4 rings (SSSR count). The topological polar surface area (TPSA) is 46.4 Å². The van der Waals surface area contributed by atoms with Crippen molar-refractivity contribution in [3.05, 3.63) is 59.1 Å². The van der Waals surface area contributed by atoms with E-state index < -0.39 is 0 Å². The highest BCUT2D eigenvalue weighted by Gasteiger charge is 2.39. The third kappa shape index (κ3) is 2.62. The number of carbonyl (C=O) groups excluding carboxylic acids is 1. The number of fused-ring (bicyclic) bond motifs is 1. The van der Waals surface area contributed by atoms with Gasteiger partial charge >= 0.3 is 0 Å². The summed E-state index contributed by atoms with van der Waals surface area (Å²) in [5.41, 5.74) is 1.72. The van der Waals surface area contributed by atoms with Gasteiger partial charge in [-0.1, -0.05) is 12.1 Å². The highest BCUT2D eigenvalue weighted by Crippen LogP contribution is 2.40. The fourth-order valence-electron chi connectivity index (χ4n) is 2.74. The van der Waals surface area contributed by atoms with Gasteiger partial charge in [0.25, 0.3) is 0 Å². The minimum Gasteiger partial charge on any atom is -0.352 e. The van der Waals surface area contributed by atoms with Crippen LogP contribution in [-0.4, -0.2) is 21.3 Å². The molecule has 2 heterocycles. The van der Waals surface area contributed by atoms with Crippen LogP contribution in [0.4, 0.5) is 4.39 Å². The molecule has 0 radical (unpaired) electrons. The number of hydrogen-bond acceptors (Lipinski definition) is 3. The summed E-state index contributed by atoms with van der Waals surface area (Å²) in [5, 5.41) is 4.96. The normalized spacial score (nSPS) is 20.2. The van der Waals surface area contributed by atoms with Crippen LogP contribution >= 0.6 is 11.3 Å². The highest BCUT2D eigenvalue weighted by atomic mass is 32.1. The van der Waals surface area contributed by atoms with Gasteiger partial charge in [-0.15, -0.1) is 11.3 Å². The van der Waals surface area contributed by atoms with Crippen molar-refractivity contribution in [2.45, 2.75) is 24.8 Å². The van der Waals surface area contributed by atoms with Crippen LogP contribution in [0, 0.1) is 5.82 Å². The summed E-state index contributed by atoms with van der Waals surface area (Å²) in [4.78, 5) is 17.4. The number of nitrogens with one attached hydrogen (secondary N) is 1. The number of imidazole rings is 1. The molecule has 0 aliphatic heterocycles. The molecule has 1 aliphatic carbocycles. The Hall–Kier alpha value is -2.21. The molecule has 0 bridgehead atoms. The molecule has 3 aromatic rings. The Balaban J connectivity index is 1.36. The van der Waals surface area contributed by atoms with Crippen molar-refractivity contribution < 1.29 is 9.18 Å². The SMILES string of the molecule is O=C(Cc1cn2ccsc2n1)N[C@H]1C[C@@H]1c1cccc(F)c1. The number of nitrogens with zero attached hydrogens (tertiary/aromatic N) is 2. The van der Waals surface area contributed by atoms with Gasteiger partial charge in [0.1, 0.15) is 5.82 Å². The third-order valence-electron chi connectivity index (χ3n) is 3.90. The molecule has 2 atom stereocenters. The van der Waals surface area contributed by atoms with E-state index in [4.69, 9.17) is 0 Å². The second-order valence-electron chi connectivity index (χ2n) is 5.57. The zero-order chi connectivity index (χ0) is 15.1.